The number of nitro groups is 1. The van der Waals surface area contributed by atoms with Crippen molar-refractivity contribution in [2.24, 2.45) is 0 Å². The fourth-order valence-corrected chi connectivity index (χ4v) is 2.26. The fourth-order valence-electron chi connectivity index (χ4n) is 1.34. The molecule has 0 saturated carbocycles. The van der Waals surface area contributed by atoms with Gasteiger partial charge in [0.2, 0.25) is 0 Å². The van der Waals surface area contributed by atoms with E-state index < -0.39 is 4.92 Å². The van der Waals surface area contributed by atoms with Gasteiger partial charge in [-0.2, -0.15) is 5.26 Å². The molecule has 0 atom stereocenters. The number of para-hydroxylation sites is 1. The highest BCUT2D eigenvalue weighted by Crippen LogP contribution is 2.33. The molecule has 0 bridgehead atoms. The van der Waals surface area contributed by atoms with Crippen molar-refractivity contribution in [2.45, 2.75) is 9.92 Å². The number of nitro benzene ring substituents is 1. The molecular formula is C12H7N3O2S. The van der Waals surface area contributed by atoms with E-state index in [2.05, 4.69) is 4.98 Å². The van der Waals surface area contributed by atoms with Crippen molar-refractivity contribution < 1.29 is 4.92 Å². The Morgan fingerprint density at radius 1 is 1.33 bits per heavy atom. The zero-order valence-corrected chi connectivity index (χ0v) is 9.92. The van der Waals surface area contributed by atoms with Crippen molar-refractivity contribution in [1.82, 2.24) is 4.98 Å². The highest BCUT2D eigenvalue weighted by atomic mass is 32.2. The molecular weight excluding hydrogens is 250 g/mol. The molecule has 0 aliphatic rings. The van der Waals surface area contributed by atoms with Crippen LogP contribution in [0.25, 0.3) is 0 Å². The van der Waals surface area contributed by atoms with Crippen LogP contribution in [0.3, 0.4) is 0 Å². The number of nitrogens with zero attached hydrogens (tertiary/aromatic N) is 3. The molecule has 0 radical (unpaired) electrons. The van der Waals surface area contributed by atoms with Gasteiger partial charge in [0.05, 0.1) is 21.5 Å². The summed E-state index contributed by atoms with van der Waals surface area (Å²) in [6, 6.07) is 11.6. The number of pyridine rings is 1. The molecule has 5 nitrogen and oxygen atoms in total. The predicted molar refractivity (Wildman–Crippen MR) is 66.2 cm³/mol. The van der Waals surface area contributed by atoms with E-state index in [1.807, 2.05) is 6.07 Å². The van der Waals surface area contributed by atoms with E-state index >= 15 is 0 Å². The maximum atomic E-state index is 10.9. The number of benzene rings is 1. The zero-order valence-electron chi connectivity index (χ0n) is 9.11. The van der Waals surface area contributed by atoms with E-state index in [1.165, 1.54) is 24.0 Å². The lowest BCUT2D eigenvalue weighted by Crippen LogP contribution is -1.90. The maximum Gasteiger partial charge on any atom is 0.283 e. The Balaban J connectivity index is 2.34. The van der Waals surface area contributed by atoms with Gasteiger partial charge in [-0.3, -0.25) is 10.1 Å². The number of nitriles is 1. The van der Waals surface area contributed by atoms with Crippen LogP contribution in [0.15, 0.2) is 52.5 Å². The number of aromatic nitrogens is 1. The third-order valence-electron chi connectivity index (χ3n) is 2.14. The van der Waals surface area contributed by atoms with Gasteiger partial charge in [0.15, 0.2) is 0 Å². The molecule has 1 aromatic carbocycles. The van der Waals surface area contributed by atoms with Gasteiger partial charge in [0.1, 0.15) is 5.03 Å². The van der Waals surface area contributed by atoms with Crippen molar-refractivity contribution >= 4 is 17.4 Å². The number of hydrogen-bond donors (Lipinski definition) is 0. The van der Waals surface area contributed by atoms with Crippen LogP contribution in [0.4, 0.5) is 5.69 Å². The smallest absolute Gasteiger partial charge is 0.258 e. The molecule has 18 heavy (non-hydrogen) atoms. The molecule has 0 spiro atoms. The minimum atomic E-state index is -0.434. The Labute approximate surface area is 107 Å². The first-order valence-corrected chi connectivity index (χ1v) is 5.80. The fraction of sp³-hybridized carbons (Fsp3) is 0. The monoisotopic (exact) mass is 257 g/mol. The van der Waals surface area contributed by atoms with Gasteiger partial charge in [-0.1, -0.05) is 23.9 Å². The van der Waals surface area contributed by atoms with Crippen molar-refractivity contribution in [3.63, 3.8) is 0 Å². The topological polar surface area (TPSA) is 79.8 Å². The van der Waals surface area contributed by atoms with E-state index in [-0.39, 0.29) is 5.69 Å². The summed E-state index contributed by atoms with van der Waals surface area (Å²) in [5, 5.41) is 20.2. The lowest BCUT2D eigenvalue weighted by Gasteiger charge is -2.01. The first-order chi connectivity index (χ1) is 8.70. The molecule has 0 unspecified atom stereocenters. The van der Waals surface area contributed by atoms with E-state index in [1.54, 1.807) is 30.3 Å². The van der Waals surface area contributed by atoms with Gasteiger partial charge < -0.3 is 0 Å². The summed E-state index contributed by atoms with van der Waals surface area (Å²) in [5.74, 6) is 0. The first-order valence-electron chi connectivity index (χ1n) is 4.98. The summed E-state index contributed by atoms with van der Waals surface area (Å²) in [4.78, 5) is 15.0. The molecule has 0 amide bonds. The molecule has 1 heterocycles. The molecule has 0 aliphatic heterocycles. The summed E-state index contributed by atoms with van der Waals surface area (Å²) >= 11 is 1.17. The summed E-state index contributed by atoms with van der Waals surface area (Å²) in [7, 11) is 0. The Hall–Kier alpha value is -2.39. The average molecular weight is 257 g/mol. The van der Waals surface area contributed by atoms with E-state index in [9.17, 15) is 10.1 Å². The van der Waals surface area contributed by atoms with Gasteiger partial charge in [0.25, 0.3) is 5.69 Å². The van der Waals surface area contributed by atoms with Gasteiger partial charge in [0, 0.05) is 12.3 Å². The number of hydrogen-bond acceptors (Lipinski definition) is 5. The molecule has 0 saturated heterocycles. The second kappa shape index (κ2) is 5.29. The van der Waals surface area contributed by atoms with Crippen LogP contribution in [0.1, 0.15) is 5.56 Å². The molecule has 6 heteroatoms. The Morgan fingerprint density at radius 3 is 2.83 bits per heavy atom. The summed E-state index contributed by atoms with van der Waals surface area (Å²) in [6.45, 7) is 0. The van der Waals surface area contributed by atoms with E-state index in [0.717, 1.165) is 0 Å². The zero-order chi connectivity index (χ0) is 13.0. The Bertz CT molecular complexity index is 637. The average Bonchev–Trinajstić information content (AvgIpc) is 2.39. The van der Waals surface area contributed by atoms with Crippen LogP contribution < -0.4 is 0 Å². The number of rotatable bonds is 3. The normalized spacial score (nSPS) is 9.72. The van der Waals surface area contributed by atoms with Gasteiger partial charge in [-0.05, 0) is 18.2 Å². The minimum Gasteiger partial charge on any atom is -0.258 e. The highest BCUT2D eigenvalue weighted by molar-refractivity contribution is 7.99. The SMILES string of the molecule is N#Cc1ccnc(Sc2ccccc2[N+](=O)[O-])c1. The minimum absolute atomic E-state index is 0.0339. The molecule has 2 aromatic rings. The summed E-state index contributed by atoms with van der Waals surface area (Å²) in [6.07, 6.45) is 1.51. The molecule has 0 fully saturated rings. The van der Waals surface area contributed by atoms with E-state index in [0.29, 0.717) is 15.5 Å². The lowest BCUT2D eigenvalue weighted by atomic mass is 10.3. The van der Waals surface area contributed by atoms with Crippen LogP contribution >= 0.6 is 11.8 Å². The van der Waals surface area contributed by atoms with Crippen molar-refractivity contribution in [1.29, 1.82) is 5.26 Å². The predicted octanol–water partition coefficient (Wildman–Crippen LogP) is 3.01. The molecule has 88 valence electrons. The second-order valence-corrected chi connectivity index (χ2v) is 4.38. The van der Waals surface area contributed by atoms with Crippen LogP contribution in [0.5, 0.6) is 0 Å². The summed E-state index contributed by atoms with van der Waals surface area (Å²) in [5.41, 5.74) is 0.512. The standard InChI is InChI=1S/C12H7N3O2S/c13-8-9-5-6-14-12(7-9)18-11-4-2-1-3-10(11)15(16)17/h1-7H. The third kappa shape index (κ3) is 2.64. The molecule has 0 aliphatic carbocycles. The van der Waals surface area contributed by atoms with Crippen LogP contribution in [-0.4, -0.2) is 9.91 Å². The lowest BCUT2D eigenvalue weighted by molar-refractivity contribution is -0.387. The maximum absolute atomic E-state index is 10.9. The second-order valence-electron chi connectivity index (χ2n) is 3.32. The quantitative estimate of drug-likeness (QED) is 0.623. The van der Waals surface area contributed by atoms with Gasteiger partial charge in [-0.25, -0.2) is 4.98 Å². The highest BCUT2D eigenvalue weighted by Gasteiger charge is 2.14. The van der Waals surface area contributed by atoms with Gasteiger partial charge in [-0.15, -0.1) is 0 Å². The Kier molecular flexibility index (Phi) is 3.55. The van der Waals surface area contributed by atoms with Crippen molar-refractivity contribution in [3.8, 4) is 6.07 Å². The molecule has 0 N–H and O–H groups in total. The summed E-state index contributed by atoms with van der Waals surface area (Å²) < 4.78 is 0. The van der Waals surface area contributed by atoms with Crippen LogP contribution in [-0.2, 0) is 0 Å². The first kappa shape index (κ1) is 12.1. The third-order valence-corrected chi connectivity index (χ3v) is 3.14. The van der Waals surface area contributed by atoms with E-state index in [4.69, 9.17) is 5.26 Å². The molecule has 1 aromatic heterocycles. The van der Waals surface area contributed by atoms with Crippen molar-refractivity contribution in [2.75, 3.05) is 0 Å². The van der Waals surface area contributed by atoms with Crippen molar-refractivity contribution in [3.05, 3.63) is 58.3 Å². The van der Waals surface area contributed by atoms with Gasteiger partial charge >= 0.3 is 0 Å². The largest absolute Gasteiger partial charge is 0.283 e. The Morgan fingerprint density at radius 2 is 2.11 bits per heavy atom. The molecule has 2 rings (SSSR count). The van der Waals surface area contributed by atoms with Crippen LogP contribution in [0, 0.1) is 21.4 Å². The van der Waals surface area contributed by atoms with Crippen LogP contribution in [0.2, 0.25) is 0 Å².